The zero-order chi connectivity index (χ0) is 27.0. The lowest BCUT2D eigenvalue weighted by atomic mass is 9.87. The van der Waals surface area contributed by atoms with E-state index in [1.54, 1.807) is 36.4 Å². The largest absolute Gasteiger partial charge is 0.274 e. The molecule has 1 aromatic heterocycles. The van der Waals surface area contributed by atoms with Gasteiger partial charge in [0.2, 0.25) is 12.5 Å². The van der Waals surface area contributed by atoms with Crippen LogP contribution in [0.15, 0.2) is 95.9 Å². The van der Waals surface area contributed by atoms with E-state index in [4.69, 9.17) is 0 Å². The Morgan fingerprint density at radius 3 is 2.24 bits per heavy atom. The van der Waals surface area contributed by atoms with Crippen molar-refractivity contribution in [3.8, 4) is 0 Å². The number of nitrogens with zero attached hydrogens (tertiary/aromatic N) is 2. The Kier molecular flexibility index (Phi) is 6.46. The van der Waals surface area contributed by atoms with E-state index in [1.807, 2.05) is 49.4 Å². The smallest absolute Gasteiger partial charge is 0.263 e. The van der Waals surface area contributed by atoms with E-state index >= 15 is 0 Å². The van der Waals surface area contributed by atoms with Gasteiger partial charge in [0.1, 0.15) is 5.82 Å². The lowest BCUT2D eigenvalue weighted by molar-refractivity contribution is -0.481. The minimum absolute atomic E-state index is 0.000871. The molecule has 38 heavy (non-hydrogen) atoms. The van der Waals surface area contributed by atoms with Crippen molar-refractivity contribution >= 4 is 43.4 Å². The first-order chi connectivity index (χ1) is 18.2. The number of hydrogen-bond acceptors (Lipinski definition) is 5. The zero-order valence-corrected chi connectivity index (χ0v) is 21.6. The summed E-state index contributed by atoms with van der Waals surface area (Å²) in [5, 5.41) is 14.3. The summed E-state index contributed by atoms with van der Waals surface area (Å²) in [7, 11) is -4.14. The maximum Gasteiger partial charge on any atom is 0.263 e. The fourth-order valence-electron chi connectivity index (χ4n) is 5.00. The minimum atomic E-state index is -4.14. The van der Waals surface area contributed by atoms with Gasteiger partial charge < -0.3 is 0 Å². The molecule has 5 rings (SSSR count). The van der Waals surface area contributed by atoms with E-state index in [9.17, 15) is 23.3 Å². The molecule has 4 aromatic carbocycles. The number of carbonyl (C=O) groups excluding carboxylic acids is 1. The topological polar surface area (TPSA) is 111 Å². The third-order valence-electron chi connectivity index (χ3n) is 6.67. The van der Waals surface area contributed by atoms with Gasteiger partial charge in [-0.2, -0.15) is 0 Å². The van der Waals surface area contributed by atoms with Gasteiger partial charge in [-0.3, -0.25) is 24.2 Å². The maximum atomic E-state index is 13.5. The van der Waals surface area contributed by atoms with Crippen molar-refractivity contribution in [2.45, 2.75) is 24.7 Å². The number of hydrogen-bond donors (Lipinski definition) is 1. The number of aromatic nitrogens is 1. The predicted octanol–water partition coefficient (Wildman–Crippen LogP) is 5.97. The van der Waals surface area contributed by atoms with Crippen molar-refractivity contribution in [3.05, 3.63) is 118 Å². The normalized spacial score (nSPS) is 12.5. The van der Waals surface area contributed by atoms with E-state index in [-0.39, 0.29) is 10.7 Å². The number of anilines is 1. The third kappa shape index (κ3) is 4.52. The van der Waals surface area contributed by atoms with Crippen molar-refractivity contribution in [1.82, 2.24) is 4.57 Å². The summed E-state index contributed by atoms with van der Waals surface area (Å²) < 4.78 is 31.0. The summed E-state index contributed by atoms with van der Waals surface area (Å²) in [6, 6.07) is 26.4. The van der Waals surface area contributed by atoms with Crippen LogP contribution in [-0.4, -0.2) is 30.4 Å². The molecule has 8 nitrogen and oxygen atoms in total. The van der Waals surface area contributed by atoms with Crippen LogP contribution in [-0.2, 0) is 10.0 Å². The number of carbonyl (C=O) groups is 1. The average molecular weight is 528 g/mol. The fraction of sp³-hybridized carbons (Fsp3) is 0.138. The second kappa shape index (κ2) is 9.75. The van der Waals surface area contributed by atoms with Gasteiger partial charge >= 0.3 is 0 Å². The molecule has 0 spiro atoms. The highest BCUT2D eigenvalue weighted by Crippen LogP contribution is 2.42. The average Bonchev–Trinajstić information content (AvgIpc) is 3.20. The van der Waals surface area contributed by atoms with Crippen LogP contribution in [0.5, 0.6) is 0 Å². The Hall–Kier alpha value is -4.50. The third-order valence-corrected chi connectivity index (χ3v) is 8.02. The fourth-order valence-corrected chi connectivity index (χ4v) is 6.07. The second-order valence-electron chi connectivity index (χ2n) is 9.19. The van der Waals surface area contributed by atoms with Gasteiger partial charge in [-0.25, -0.2) is 8.42 Å². The van der Waals surface area contributed by atoms with E-state index < -0.39 is 33.3 Å². The van der Waals surface area contributed by atoms with Gasteiger partial charge in [-0.15, -0.1) is 0 Å². The first kappa shape index (κ1) is 25.2. The molecule has 0 aliphatic carbocycles. The summed E-state index contributed by atoms with van der Waals surface area (Å²) in [6.45, 7) is 2.68. The van der Waals surface area contributed by atoms with Crippen LogP contribution in [0.25, 0.3) is 21.7 Å². The SMILES string of the molecule is CC(=O)n1c(NS(=O)(=O)c2ccc(C)cc2)c(C(C[N+](=O)[O-])c2cccc3ccccc23)c2ccccc21. The van der Waals surface area contributed by atoms with Crippen molar-refractivity contribution in [2.75, 3.05) is 11.3 Å². The lowest BCUT2D eigenvalue weighted by Gasteiger charge is -2.19. The molecule has 1 unspecified atom stereocenters. The molecule has 5 aromatic rings. The molecule has 0 aliphatic heterocycles. The van der Waals surface area contributed by atoms with Crippen LogP contribution in [0, 0.1) is 17.0 Å². The maximum absolute atomic E-state index is 13.5. The highest BCUT2D eigenvalue weighted by molar-refractivity contribution is 7.92. The number of nitro groups is 1. The minimum Gasteiger partial charge on any atom is -0.274 e. The quantitative estimate of drug-likeness (QED) is 0.207. The monoisotopic (exact) mass is 527 g/mol. The lowest BCUT2D eigenvalue weighted by Crippen LogP contribution is -2.21. The molecule has 9 heteroatoms. The van der Waals surface area contributed by atoms with Gasteiger partial charge in [0.25, 0.3) is 10.0 Å². The number of sulfonamides is 1. The first-order valence-electron chi connectivity index (χ1n) is 12.0. The van der Waals surface area contributed by atoms with Crippen LogP contribution in [0.4, 0.5) is 5.82 Å². The molecule has 1 N–H and O–H groups in total. The van der Waals surface area contributed by atoms with Crippen LogP contribution < -0.4 is 4.72 Å². The van der Waals surface area contributed by atoms with Crippen molar-refractivity contribution in [1.29, 1.82) is 0 Å². The summed E-state index contributed by atoms with van der Waals surface area (Å²) in [4.78, 5) is 24.6. The Bertz CT molecular complexity index is 1800. The number of rotatable bonds is 7. The molecule has 0 saturated heterocycles. The highest BCUT2D eigenvalue weighted by atomic mass is 32.2. The molecule has 1 atom stereocenters. The van der Waals surface area contributed by atoms with Crippen LogP contribution >= 0.6 is 0 Å². The summed E-state index contributed by atoms with van der Waals surface area (Å²) >= 11 is 0. The van der Waals surface area contributed by atoms with Gasteiger partial charge in [0, 0.05) is 22.8 Å². The molecule has 0 radical (unpaired) electrons. The number of benzene rings is 4. The zero-order valence-electron chi connectivity index (χ0n) is 20.8. The molecule has 1 heterocycles. The summed E-state index contributed by atoms with van der Waals surface area (Å²) in [6.07, 6.45) is 0. The van der Waals surface area contributed by atoms with Crippen molar-refractivity contribution < 1.29 is 18.1 Å². The first-order valence-corrected chi connectivity index (χ1v) is 13.5. The van der Waals surface area contributed by atoms with E-state index in [2.05, 4.69) is 4.72 Å². The number of nitrogens with one attached hydrogen (secondary N) is 1. The molecular weight excluding hydrogens is 502 g/mol. The number of fused-ring (bicyclic) bond motifs is 2. The Labute approximate surface area is 219 Å². The van der Waals surface area contributed by atoms with E-state index in [0.29, 0.717) is 22.0 Å². The summed E-state index contributed by atoms with van der Waals surface area (Å²) in [5.74, 6) is -1.27. The van der Waals surface area contributed by atoms with Gasteiger partial charge in [-0.1, -0.05) is 78.4 Å². The van der Waals surface area contributed by atoms with Crippen LogP contribution in [0.1, 0.15) is 34.3 Å². The highest BCUT2D eigenvalue weighted by Gasteiger charge is 2.33. The van der Waals surface area contributed by atoms with Gasteiger partial charge in [0.15, 0.2) is 0 Å². The van der Waals surface area contributed by atoms with Gasteiger partial charge in [-0.05, 0) is 41.5 Å². The summed E-state index contributed by atoms with van der Waals surface area (Å²) in [5.41, 5.74) is 2.40. The van der Waals surface area contributed by atoms with Crippen LogP contribution in [0.2, 0.25) is 0 Å². The Morgan fingerprint density at radius 2 is 1.55 bits per heavy atom. The van der Waals surface area contributed by atoms with Gasteiger partial charge in [0.05, 0.1) is 16.3 Å². The van der Waals surface area contributed by atoms with E-state index in [1.165, 1.54) is 23.6 Å². The molecule has 0 fully saturated rings. The Balaban J connectivity index is 1.83. The molecule has 0 amide bonds. The van der Waals surface area contributed by atoms with Crippen molar-refractivity contribution in [3.63, 3.8) is 0 Å². The van der Waals surface area contributed by atoms with Crippen molar-refractivity contribution in [2.24, 2.45) is 0 Å². The standard InChI is InChI=1S/C29H25N3O5S/c1-19-14-16-22(17-15-19)38(36,37)30-29-28(25-11-5-6-13-27(25)32(29)20(2)33)26(18-31(34)35)24-12-7-9-21-8-3-4-10-23(21)24/h3-17,26,30H,18H2,1-2H3. The van der Waals surface area contributed by atoms with Crippen LogP contribution in [0.3, 0.4) is 0 Å². The number of aryl methyl sites for hydroxylation is 1. The molecular formula is C29H25N3O5S. The Morgan fingerprint density at radius 1 is 0.921 bits per heavy atom. The molecule has 0 aliphatic rings. The predicted molar refractivity (Wildman–Crippen MR) is 148 cm³/mol. The van der Waals surface area contributed by atoms with E-state index in [0.717, 1.165) is 16.3 Å². The molecule has 0 saturated carbocycles. The molecule has 0 bridgehead atoms. The molecule has 192 valence electrons. The number of para-hydroxylation sites is 1. The second-order valence-corrected chi connectivity index (χ2v) is 10.9.